The van der Waals surface area contributed by atoms with E-state index in [0.717, 1.165) is 0 Å². The Labute approximate surface area is 146 Å². The van der Waals surface area contributed by atoms with Gasteiger partial charge in [-0.3, -0.25) is 4.79 Å². The molecule has 1 aromatic carbocycles. The first-order chi connectivity index (χ1) is 11.2. The van der Waals surface area contributed by atoms with Crippen LogP contribution < -0.4 is 11.1 Å². The van der Waals surface area contributed by atoms with E-state index in [-0.39, 0.29) is 34.1 Å². The molecular weight excluding hydrogens is 361 g/mol. The molecule has 1 heterocycles. The Balaban J connectivity index is 2.29. The molecule has 0 unspecified atom stereocenters. The number of nitrogens with one attached hydrogen (secondary N) is 1. The summed E-state index contributed by atoms with van der Waals surface area (Å²) in [6, 6.07) is 2.54. The van der Waals surface area contributed by atoms with E-state index >= 15 is 0 Å². The molecule has 10 heteroatoms. The van der Waals surface area contributed by atoms with Crippen LogP contribution in [0.5, 0.6) is 0 Å². The number of carbonyl (C=O) groups excluding carboxylic acids is 1. The average Bonchev–Trinajstić information content (AvgIpc) is 2.84. The number of carboxylic acid groups (broad SMARTS) is 1. The van der Waals surface area contributed by atoms with Crippen molar-refractivity contribution in [2.24, 2.45) is 0 Å². The van der Waals surface area contributed by atoms with Crippen LogP contribution in [-0.2, 0) is 16.0 Å². The smallest absolute Gasteiger partial charge is 0.437 e. The molecule has 0 aliphatic rings. The summed E-state index contributed by atoms with van der Waals surface area (Å²) in [4.78, 5) is 33.3. The Morgan fingerprint density at radius 2 is 1.92 bits per heavy atom. The summed E-state index contributed by atoms with van der Waals surface area (Å²) in [6.45, 7) is 3.57. The van der Waals surface area contributed by atoms with Crippen LogP contribution in [0.2, 0.25) is 10.0 Å². The van der Waals surface area contributed by atoms with Gasteiger partial charge >= 0.3 is 17.6 Å². The highest BCUT2D eigenvalue weighted by Gasteiger charge is 2.17. The van der Waals surface area contributed by atoms with E-state index in [1.54, 1.807) is 13.8 Å². The molecule has 0 spiro atoms. The lowest BCUT2D eigenvalue weighted by molar-refractivity contribution is -0.147. The molecule has 1 amide bonds. The van der Waals surface area contributed by atoms with E-state index in [0.29, 0.717) is 5.56 Å². The number of rotatable bonds is 4. The summed E-state index contributed by atoms with van der Waals surface area (Å²) in [5.41, 5.74) is 0.569. The first kappa shape index (κ1) is 18.0. The highest BCUT2D eigenvalue weighted by atomic mass is 35.5. The predicted octanol–water partition coefficient (Wildman–Crippen LogP) is 2.34. The number of carboxylic acids is 1. The van der Waals surface area contributed by atoms with E-state index in [1.165, 1.54) is 16.8 Å². The second kappa shape index (κ2) is 7.06. The van der Waals surface area contributed by atoms with Gasteiger partial charge in [0.05, 0.1) is 12.5 Å². The maximum atomic E-state index is 11.6. The van der Waals surface area contributed by atoms with Crippen LogP contribution in [0, 0.1) is 0 Å². The Morgan fingerprint density at radius 1 is 1.33 bits per heavy atom. The van der Waals surface area contributed by atoms with Crippen LogP contribution in [0.15, 0.2) is 21.3 Å². The van der Waals surface area contributed by atoms with E-state index < -0.39 is 17.6 Å². The number of benzene rings is 1. The molecule has 8 nitrogen and oxygen atoms in total. The molecule has 0 bridgehead atoms. The highest BCUT2D eigenvalue weighted by molar-refractivity contribution is 6.38. The molecule has 0 radical (unpaired) electrons. The monoisotopic (exact) mass is 373 g/mol. The summed E-state index contributed by atoms with van der Waals surface area (Å²) < 4.78 is 6.24. The van der Waals surface area contributed by atoms with Gasteiger partial charge < -0.3 is 14.8 Å². The van der Waals surface area contributed by atoms with Crippen molar-refractivity contribution in [3.8, 4) is 0 Å². The van der Waals surface area contributed by atoms with Gasteiger partial charge in [-0.05, 0) is 31.5 Å². The third-order valence-corrected chi connectivity index (χ3v) is 3.70. The Bertz CT molecular complexity index is 833. The van der Waals surface area contributed by atoms with Gasteiger partial charge in [0.15, 0.2) is 0 Å². The van der Waals surface area contributed by atoms with E-state index in [9.17, 15) is 14.4 Å². The lowest BCUT2D eigenvalue weighted by atomic mass is 10.1. The molecule has 0 aliphatic carbocycles. The SMILES string of the molecule is CC(C)n1nc(Cc2c(Cl)cc(NC(=O)C(=O)O)cc2Cl)oc1=O. The molecular formula is C14H13Cl2N3O5. The van der Waals surface area contributed by atoms with E-state index in [1.807, 2.05) is 0 Å². The largest absolute Gasteiger partial charge is 0.474 e. The average molecular weight is 374 g/mol. The van der Waals surface area contributed by atoms with Crippen LogP contribution in [-0.4, -0.2) is 26.8 Å². The van der Waals surface area contributed by atoms with Crippen LogP contribution in [0.25, 0.3) is 0 Å². The number of halogens is 2. The van der Waals surface area contributed by atoms with Crippen LogP contribution in [0.1, 0.15) is 31.3 Å². The molecule has 0 fully saturated rings. The molecule has 0 aliphatic heterocycles. The topological polar surface area (TPSA) is 114 Å². The number of carbonyl (C=O) groups is 2. The second-order valence-corrected chi connectivity index (χ2v) is 5.97. The first-order valence-corrected chi connectivity index (χ1v) is 7.55. The van der Waals surface area contributed by atoms with Gasteiger partial charge in [0.1, 0.15) is 0 Å². The highest BCUT2D eigenvalue weighted by Crippen LogP contribution is 2.30. The minimum absolute atomic E-state index is 0.0692. The number of amides is 1. The van der Waals surface area contributed by atoms with Crippen molar-refractivity contribution in [1.82, 2.24) is 9.78 Å². The summed E-state index contributed by atoms with van der Waals surface area (Å²) >= 11 is 12.2. The minimum Gasteiger partial charge on any atom is -0.474 e. The standard InChI is InChI=1S/C14H13Cl2N3O5/c1-6(2)19-14(23)24-11(18-19)5-8-9(15)3-7(4-10(8)16)17-12(20)13(21)22/h3-4,6H,5H2,1-2H3,(H,17,20)(H,21,22). The lowest BCUT2D eigenvalue weighted by Gasteiger charge is -2.09. The zero-order valence-electron chi connectivity index (χ0n) is 12.7. The quantitative estimate of drug-likeness (QED) is 0.794. The Morgan fingerprint density at radius 3 is 2.38 bits per heavy atom. The van der Waals surface area contributed by atoms with E-state index in [2.05, 4.69) is 10.4 Å². The fraction of sp³-hybridized carbons (Fsp3) is 0.286. The van der Waals surface area contributed by atoms with Crippen molar-refractivity contribution in [1.29, 1.82) is 0 Å². The number of hydrogen-bond donors (Lipinski definition) is 2. The fourth-order valence-electron chi connectivity index (χ4n) is 1.91. The molecule has 2 rings (SSSR count). The van der Waals surface area contributed by atoms with Crippen LogP contribution in [0.4, 0.5) is 5.69 Å². The molecule has 0 saturated heterocycles. The van der Waals surface area contributed by atoms with Crippen molar-refractivity contribution < 1.29 is 19.1 Å². The van der Waals surface area contributed by atoms with Crippen molar-refractivity contribution >= 4 is 40.8 Å². The predicted molar refractivity (Wildman–Crippen MR) is 86.7 cm³/mol. The first-order valence-electron chi connectivity index (χ1n) is 6.79. The maximum Gasteiger partial charge on any atom is 0.437 e. The third kappa shape index (κ3) is 3.95. The van der Waals surface area contributed by atoms with Crippen molar-refractivity contribution in [3.05, 3.63) is 44.2 Å². The molecule has 2 N–H and O–H groups in total. The van der Waals surface area contributed by atoms with Gasteiger partial charge in [-0.25, -0.2) is 9.59 Å². The summed E-state index contributed by atoms with van der Waals surface area (Å²) in [5, 5.41) is 15.1. The number of nitrogens with zero attached hydrogens (tertiary/aromatic N) is 2. The Hall–Kier alpha value is -2.32. The van der Waals surface area contributed by atoms with Crippen molar-refractivity contribution in [2.75, 3.05) is 5.32 Å². The number of hydrogen-bond acceptors (Lipinski definition) is 5. The molecule has 1 aromatic heterocycles. The molecule has 24 heavy (non-hydrogen) atoms. The summed E-state index contributed by atoms with van der Waals surface area (Å²) in [5.74, 6) is -3.29. The number of aliphatic carboxylic acids is 1. The molecule has 2 aromatic rings. The van der Waals surface area contributed by atoms with Gasteiger partial charge in [0.2, 0.25) is 5.89 Å². The zero-order chi connectivity index (χ0) is 18.0. The van der Waals surface area contributed by atoms with Gasteiger partial charge in [0.25, 0.3) is 0 Å². The van der Waals surface area contributed by atoms with Crippen LogP contribution >= 0.6 is 23.2 Å². The number of anilines is 1. The molecule has 0 saturated carbocycles. The van der Waals surface area contributed by atoms with Crippen molar-refractivity contribution in [2.45, 2.75) is 26.3 Å². The van der Waals surface area contributed by atoms with E-state index in [4.69, 9.17) is 32.7 Å². The summed E-state index contributed by atoms with van der Waals surface area (Å²) in [6.07, 6.45) is 0.0692. The normalized spacial score (nSPS) is 10.9. The molecule has 0 atom stereocenters. The van der Waals surface area contributed by atoms with Crippen molar-refractivity contribution in [3.63, 3.8) is 0 Å². The zero-order valence-corrected chi connectivity index (χ0v) is 14.2. The fourth-order valence-corrected chi connectivity index (χ4v) is 2.53. The Kier molecular flexibility index (Phi) is 5.30. The summed E-state index contributed by atoms with van der Waals surface area (Å²) in [7, 11) is 0. The van der Waals surface area contributed by atoms with Gasteiger partial charge in [-0.2, -0.15) is 4.68 Å². The second-order valence-electron chi connectivity index (χ2n) is 5.15. The maximum absolute atomic E-state index is 11.6. The van der Waals surface area contributed by atoms with Gasteiger partial charge in [-0.1, -0.05) is 23.2 Å². The molecule has 128 valence electrons. The third-order valence-electron chi connectivity index (χ3n) is 3.02. The number of aromatic nitrogens is 2. The van der Waals surface area contributed by atoms with Crippen LogP contribution in [0.3, 0.4) is 0 Å². The lowest BCUT2D eigenvalue weighted by Crippen LogP contribution is -2.21. The van der Waals surface area contributed by atoms with Gasteiger partial charge in [-0.15, -0.1) is 5.10 Å². The van der Waals surface area contributed by atoms with Gasteiger partial charge in [0, 0.05) is 15.7 Å². The minimum atomic E-state index is -1.63.